The zero-order chi connectivity index (χ0) is 33.2. The summed E-state index contributed by atoms with van der Waals surface area (Å²) >= 11 is 0. The van der Waals surface area contributed by atoms with Crippen LogP contribution in [0, 0.1) is 0 Å². The van der Waals surface area contributed by atoms with Crippen molar-refractivity contribution in [2.45, 2.75) is 124 Å². The van der Waals surface area contributed by atoms with E-state index in [0.29, 0.717) is 55.6 Å². The van der Waals surface area contributed by atoms with Crippen LogP contribution in [0.4, 0.5) is 17.1 Å². The van der Waals surface area contributed by atoms with Crippen LogP contribution in [0.25, 0.3) is 0 Å². The Bertz CT molecular complexity index is 1190. The normalized spacial score (nSPS) is 13.5. The molecule has 3 aliphatic rings. The SMILES string of the molecule is C.C.C.C.C.C.CCC.CCC.O=C1CCC(=O)N1c1ccccc1.O=C1CCC(=O)N1c1ccccc1.O=C1CCC(=O)N1c1ccccc1. The van der Waals surface area contributed by atoms with E-state index in [9.17, 15) is 28.8 Å². The van der Waals surface area contributed by atoms with Gasteiger partial charge in [-0.1, -0.05) is 140 Å². The highest BCUT2D eigenvalue weighted by molar-refractivity contribution is 6.21. The molecule has 286 valence electrons. The highest BCUT2D eigenvalue weighted by Gasteiger charge is 2.31. The number of benzene rings is 3. The summed E-state index contributed by atoms with van der Waals surface area (Å²) in [6, 6.07) is 27.0. The summed E-state index contributed by atoms with van der Waals surface area (Å²) in [5.41, 5.74) is 2.03. The lowest BCUT2D eigenvalue weighted by molar-refractivity contribution is -0.122. The van der Waals surface area contributed by atoms with Gasteiger partial charge in [-0.05, 0) is 36.4 Å². The van der Waals surface area contributed by atoms with E-state index in [0.717, 1.165) is 0 Å². The highest BCUT2D eigenvalue weighted by atomic mass is 16.2. The highest BCUT2D eigenvalue weighted by Crippen LogP contribution is 2.23. The third-order valence-corrected chi connectivity index (χ3v) is 6.20. The molecule has 6 amide bonds. The predicted molar refractivity (Wildman–Crippen MR) is 217 cm³/mol. The molecule has 3 aromatic rings. The van der Waals surface area contributed by atoms with Crippen molar-refractivity contribution in [3.05, 3.63) is 91.0 Å². The minimum atomic E-state index is -0.101. The lowest BCUT2D eigenvalue weighted by Gasteiger charge is -2.12. The van der Waals surface area contributed by atoms with Crippen molar-refractivity contribution in [3.8, 4) is 0 Å². The fourth-order valence-electron chi connectivity index (χ4n) is 4.32. The van der Waals surface area contributed by atoms with Crippen LogP contribution in [0.3, 0.4) is 0 Å². The number of carbonyl (C=O) groups is 6. The quantitative estimate of drug-likeness (QED) is 0.250. The summed E-state index contributed by atoms with van der Waals surface area (Å²) in [7, 11) is 0. The van der Waals surface area contributed by atoms with Crippen LogP contribution in [0.2, 0.25) is 0 Å². The standard InChI is InChI=1S/3C10H9NO2.2C3H8.6CH4/c3*12-9-6-7-10(13)11(9)8-4-2-1-3-5-8;2*1-3-2;;;;;;/h3*1-5H,6-7H2;2*3H2,1-2H3;6*1H4. The van der Waals surface area contributed by atoms with Crippen molar-refractivity contribution in [1.29, 1.82) is 0 Å². The number of nitrogens with zero attached hydrogens (tertiary/aromatic N) is 3. The number of carbonyl (C=O) groups excluding carboxylic acids is 6. The number of hydrogen-bond donors (Lipinski definition) is 0. The van der Waals surface area contributed by atoms with E-state index in [4.69, 9.17) is 0 Å². The first kappa shape index (κ1) is 55.5. The Morgan fingerprint density at radius 1 is 0.333 bits per heavy atom. The smallest absolute Gasteiger partial charge is 0.234 e. The molecule has 0 atom stereocenters. The zero-order valence-corrected chi connectivity index (χ0v) is 26.6. The molecule has 3 saturated heterocycles. The van der Waals surface area contributed by atoms with Crippen molar-refractivity contribution in [3.63, 3.8) is 0 Å². The molecule has 0 spiro atoms. The van der Waals surface area contributed by atoms with Crippen LogP contribution in [0.5, 0.6) is 0 Å². The van der Waals surface area contributed by atoms with Crippen LogP contribution < -0.4 is 14.7 Å². The second-order valence-electron chi connectivity index (χ2n) is 10.3. The summed E-state index contributed by atoms with van der Waals surface area (Å²) in [5, 5.41) is 0. The first-order valence-electron chi connectivity index (χ1n) is 15.4. The largest absolute Gasteiger partial charge is 0.274 e. The lowest BCUT2D eigenvalue weighted by atomic mass is 10.3. The molecular weight excluding hydrogens is 642 g/mol. The first-order valence-corrected chi connectivity index (χ1v) is 15.4. The van der Waals surface area contributed by atoms with Gasteiger partial charge in [0.15, 0.2) is 0 Å². The van der Waals surface area contributed by atoms with Gasteiger partial charge in [-0.3, -0.25) is 43.5 Å². The molecule has 6 rings (SSSR count). The number of imide groups is 3. The summed E-state index contributed by atoms with van der Waals surface area (Å²) in [6.07, 6.45) is 4.55. The zero-order valence-electron chi connectivity index (χ0n) is 26.6. The first-order chi connectivity index (χ1) is 21.7. The van der Waals surface area contributed by atoms with E-state index in [1.165, 1.54) is 27.5 Å². The Balaban J connectivity index is -0.000000182. The predicted octanol–water partition coefficient (Wildman–Crippen LogP) is 10.7. The summed E-state index contributed by atoms with van der Waals surface area (Å²) in [5.74, 6) is -0.604. The van der Waals surface area contributed by atoms with E-state index >= 15 is 0 Å². The van der Waals surface area contributed by atoms with Gasteiger partial charge in [0.2, 0.25) is 35.4 Å². The maximum absolute atomic E-state index is 11.3. The molecule has 0 N–H and O–H groups in total. The van der Waals surface area contributed by atoms with Gasteiger partial charge < -0.3 is 0 Å². The maximum Gasteiger partial charge on any atom is 0.234 e. The Morgan fingerprint density at radius 2 is 0.471 bits per heavy atom. The molecule has 0 saturated carbocycles. The van der Waals surface area contributed by atoms with Crippen molar-refractivity contribution in [2.24, 2.45) is 0 Å². The van der Waals surface area contributed by atoms with E-state index in [2.05, 4.69) is 27.7 Å². The van der Waals surface area contributed by atoms with Crippen LogP contribution in [0.15, 0.2) is 91.0 Å². The lowest BCUT2D eigenvalue weighted by Crippen LogP contribution is -2.28. The molecule has 9 nitrogen and oxygen atoms in total. The topological polar surface area (TPSA) is 112 Å². The van der Waals surface area contributed by atoms with Gasteiger partial charge in [-0.2, -0.15) is 0 Å². The summed E-state index contributed by atoms with van der Waals surface area (Å²) in [6.45, 7) is 8.50. The van der Waals surface area contributed by atoms with Gasteiger partial charge in [-0.25, -0.2) is 0 Å². The van der Waals surface area contributed by atoms with Crippen molar-refractivity contribution in [1.82, 2.24) is 0 Å². The summed E-state index contributed by atoms with van der Waals surface area (Å²) < 4.78 is 0. The molecule has 3 aliphatic heterocycles. The average molecular weight is 710 g/mol. The molecule has 0 aliphatic carbocycles. The second-order valence-corrected chi connectivity index (χ2v) is 10.3. The van der Waals surface area contributed by atoms with Crippen LogP contribution in [-0.2, 0) is 28.8 Å². The monoisotopic (exact) mass is 710 g/mol. The molecule has 0 bridgehead atoms. The third kappa shape index (κ3) is 17.0. The Hall–Kier alpha value is -4.92. The van der Waals surface area contributed by atoms with Crippen molar-refractivity contribution >= 4 is 52.5 Å². The van der Waals surface area contributed by atoms with E-state index in [-0.39, 0.29) is 80.0 Å². The average Bonchev–Trinajstić information content (AvgIpc) is 3.69. The van der Waals surface area contributed by atoms with Gasteiger partial charge in [0.25, 0.3) is 0 Å². The Labute approximate surface area is 310 Å². The number of para-hydroxylation sites is 3. The third-order valence-electron chi connectivity index (χ3n) is 6.20. The van der Waals surface area contributed by atoms with Gasteiger partial charge in [0.1, 0.15) is 0 Å². The number of amides is 6. The Morgan fingerprint density at radius 3 is 0.608 bits per heavy atom. The molecular formula is C42H67N3O6. The van der Waals surface area contributed by atoms with Gasteiger partial charge in [0, 0.05) is 38.5 Å². The molecule has 0 radical (unpaired) electrons. The molecule has 0 aromatic heterocycles. The minimum Gasteiger partial charge on any atom is -0.274 e. The van der Waals surface area contributed by atoms with Gasteiger partial charge in [0.05, 0.1) is 17.1 Å². The fraction of sp³-hybridized carbons (Fsp3) is 0.429. The molecule has 3 aromatic carbocycles. The van der Waals surface area contributed by atoms with Crippen LogP contribution >= 0.6 is 0 Å². The van der Waals surface area contributed by atoms with Crippen molar-refractivity contribution in [2.75, 3.05) is 14.7 Å². The summed E-state index contributed by atoms with van der Waals surface area (Å²) in [4.78, 5) is 71.5. The van der Waals surface area contributed by atoms with Crippen LogP contribution in [-0.4, -0.2) is 35.4 Å². The van der Waals surface area contributed by atoms with Crippen molar-refractivity contribution < 1.29 is 28.8 Å². The fourth-order valence-corrected chi connectivity index (χ4v) is 4.32. The van der Waals surface area contributed by atoms with E-state index in [1.54, 1.807) is 36.4 Å². The number of anilines is 3. The van der Waals surface area contributed by atoms with Gasteiger partial charge >= 0.3 is 0 Å². The molecule has 3 heterocycles. The molecule has 51 heavy (non-hydrogen) atoms. The molecule has 3 fully saturated rings. The maximum atomic E-state index is 11.3. The second kappa shape index (κ2) is 29.9. The van der Waals surface area contributed by atoms with Crippen LogP contribution in [0.1, 0.15) is 124 Å². The Kier molecular flexibility index (Phi) is 32.6. The van der Waals surface area contributed by atoms with E-state index in [1.807, 2.05) is 54.6 Å². The molecule has 9 heteroatoms. The van der Waals surface area contributed by atoms with Gasteiger partial charge in [-0.15, -0.1) is 0 Å². The number of rotatable bonds is 3. The molecule has 0 unspecified atom stereocenters. The number of hydrogen-bond acceptors (Lipinski definition) is 6. The van der Waals surface area contributed by atoms with E-state index < -0.39 is 0 Å². The minimum absolute atomic E-state index is 0.